The van der Waals surface area contributed by atoms with E-state index in [2.05, 4.69) is 15.1 Å². The number of aliphatic hydroxyl groups is 1. The van der Waals surface area contributed by atoms with Gasteiger partial charge in [0, 0.05) is 6.20 Å². The predicted molar refractivity (Wildman–Crippen MR) is 64.7 cm³/mol. The molecule has 1 saturated carbocycles. The van der Waals surface area contributed by atoms with Crippen LogP contribution in [-0.2, 0) is 6.42 Å². The van der Waals surface area contributed by atoms with Crippen molar-refractivity contribution >= 4 is 0 Å². The van der Waals surface area contributed by atoms with Crippen molar-refractivity contribution in [3.05, 3.63) is 30.3 Å². The lowest BCUT2D eigenvalue weighted by molar-refractivity contribution is 0.0402. The standard InChI is InChI=1S/C13H15N3O2/c17-13(6-2-3-7-13)9-11-15-12(16-18-11)10-5-1-4-8-14-10/h1,4-5,8,17H,2-3,6-7,9H2. The van der Waals surface area contributed by atoms with Gasteiger partial charge in [-0.3, -0.25) is 4.98 Å². The van der Waals surface area contributed by atoms with Gasteiger partial charge in [0.25, 0.3) is 0 Å². The Morgan fingerprint density at radius 3 is 2.83 bits per heavy atom. The largest absolute Gasteiger partial charge is 0.389 e. The zero-order valence-corrected chi connectivity index (χ0v) is 10.0. The highest BCUT2D eigenvalue weighted by Gasteiger charge is 2.33. The molecule has 0 aromatic carbocycles. The fraction of sp³-hybridized carbons (Fsp3) is 0.462. The highest BCUT2D eigenvalue weighted by Crippen LogP contribution is 2.32. The molecule has 2 aromatic rings. The fourth-order valence-corrected chi connectivity index (χ4v) is 2.42. The quantitative estimate of drug-likeness (QED) is 0.895. The van der Waals surface area contributed by atoms with Crippen molar-refractivity contribution in [3.8, 4) is 11.5 Å². The van der Waals surface area contributed by atoms with Gasteiger partial charge in [-0.1, -0.05) is 24.1 Å². The summed E-state index contributed by atoms with van der Waals surface area (Å²) in [4.78, 5) is 8.45. The molecule has 0 spiro atoms. The summed E-state index contributed by atoms with van der Waals surface area (Å²) in [6, 6.07) is 5.55. The van der Waals surface area contributed by atoms with Crippen LogP contribution >= 0.6 is 0 Å². The number of aromatic nitrogens is 3. The molecule has 0 aliphatic heterocycles. The summed E-state index contributed by atoms with van der Waals surface area (Å²) in [5.74, 6) is 0.965. The van der Waals surface area contributed by atoms with Crippen molar-refractivity contribution in [2.75, 3.05) is 0 Å². The van der Waals surface area contributed by atoms with Crippen LogP contribution in [0.25, 0.3) is 11.5 Å². The van der Waals surface area contributed by atoms with Crippen LogP contribution in [0.3, 0.4) is 0 Å². The third kappa shape index (κ3) is 2.26. The van der Waals surface area contributed by atoms with E-state index in [4.69, 9.17) is 4.52 Å². The second-order valence-electron chi connectivity index (χ2n) is 4.83. The molecule has 0 amide bonds. The van der Waals surface area contributed by atoms with Crippen LogP contribution in [0.15, 0.2) is 28.9 Å². The number of hydrogen-bond acceptors (Lipinski definition) is 5. The third-order valence-electron chi connectivity index (χ3n) is 3.38. The van der Waals surface area contributed by atoms with E-state index in [1.165, 1.54) is 0 Å². The van der Waals surface area contributed by atoms with Gasteiger partial charge in [0.15, 0.2) is 0 Å². The Kier molecular flexibility index (Phi) is 2.83. The molecule has 1 aliphatic carbocycles. The summed E-state index contributed by atoms with van der Waals surface area (Å²) in [5, 5.41) is 14.2. The lowest BCUT2D eigenvalue weighted by Gasteiger charge is -2.18. The van der Waals surface area contributed by atoms with Gasteiger partial charge < -0.3 is 9.63 Å². The third-order valence-corrected chi connectivity index (χ3v) is 3.38. The molecule has 0 radical (unpaired) electrons. The maximum atomic E-state index is 10.3. The van der Waals surface area contributed by atoms with E-state index >= 15 is 0 Å². The van der Waals surface area contributed by atoms with Crippen LogP contribution in [0.5, 0.6) is 0 Å². The van der Waals surface area contributed by atoms with Gasteiger partial charge in [-0.15, -0.1) is 0 Å². The van der Waals surface area contributed by atoms with Crippen molar-refractivity contribution in [3.63, 3.8) is 0 Å². The molecule has 2 aromatic heterocycles. The SMILES string of the molecule is OC1(Cc2nc(-c3ccccn3)no2)CCCC1. The molecule has 1 N–H and O–H groups in total. The van der Waals surface area contributed by atoms with Crippen LogP contribution in [-0.4, -0.2) is 25.8 Å². The molecule has 94 valence electrons. The van der Waals surface area contributed by atoms with Crippen molar-refractivity contribution in [1.29, 1.82) is 0 Å². The lowest BCUT2D eigenvalue weighted by atomic mass is 9.98. The molecule has 1 fully saturated rings. The number of nitrogens with zero attached hydrogens (tertiary/aromatic N) is 3. The van der Waals surface area contributed by atoms with E-state index in [-0.39, 0.29) is 0 Å². The summed E-state index contributed by atoms with van der Waals surface area (Å²) in [6.07, 6.45) is 5.89. The Morgan fingerprint density at radius 2 is 2.11 bits per heavy atom. The van der Waals surface area contributed by atoms with Gasteiger partial charge in [0.2, 0.25) is 11.7 Å². The van der Waals surface area contributed by atoms with Crippen molar-refractivity contribution in [2.24, 2.45) is 0 Å². The summed E-state index contributed by atoms with van der Waals surface area (Å²) >= 11 is 0. The van der Waals surface area contributed by atoms with Gasteiger partial charge in [0.1, 0.15) is 5.69 Å². The average Bonchev–Trinajstić information content (AvgIpc) is 3.00. The topological polar surface area (TPSA) is 72.0 Å². The van der Waals surface area contributed by atoms with Crippen LogP contribution in [0.4, 0.5) is 0 Å². The monoisotopic (exact) mass is 245 g/mol. The first-order valence-corrected chi connectivity index (χ1v) is 6.22. The van der Waals surface area contributed by atoms with Crippen LogP contribution in [0, 0.1) is 0 Å². The van der Waals surface area contributed by atoms with Gasteiger partial charge in [-0.2, -0.15) is 4.98 Å². The first-order valence-electron chi connectivity index (χ1n) is 6.22. The average molecular weight is 245 g/mol. The van der Waals surface area contributed by atoms with Crippen LogP contribution < -0.4 is 0 Å². The molecule has 5 heteroatoms. The summed E-state index contributed by atoms with van der Waals surface area (Å²) < 4.78 is 5.19. The maximum absolute atomic E-state index is 10.3. The smallest absolute Gasteiger partial charge is 0.229 e. The molecule has 0 unspecified atom stereocenters. The Hall–Kier alpha value is -1.75. The highest BCUT2D eigenvalue weighted by atomic mass is 16.5. The molecule has 0 atom stereocenters. The molecule has 3 rings (SSSR count). The molecule has 1 aliphatic rings. The van der Waals surface area contributed by atoms with E-state index in [9.17, 15) is 5.11 Å². The van der Waals surface area contributed by atoms with Gasteiger partial charge >= 0.3 is 0 Å². The molecular formula is C13H15N3O2. The van der Waals surface area contributed by atoms with Crippen molar-refractivity contribution < 1.29 is 9.63 Å². The first-order chi connectivity index (χ1) is 8.75. The van der Waals surface area contributed by atoms with E-state index in [0.29, 0.717) is 23.8 Å². The predicted octanol–water partition coefficient (Wildman–Crippen LogP) is 1.98. The van der Waals surface area contributed by atoms with Crippen LogP contribution in [0.2, 0.25) is 0 Å². The molecule has 5 nitrogen and oxygen atoms in total. The molecule has 18 heavy (non-hydrogen) atoms. The summed E-state index contributed by atoms with van der Waals surface area (Å²) in [6.45, 7) is 0. The molecule has 0 saturated heterocycles. The number of pyridine rings is 1. The van der Waals surface area contributed by atoms with Gasteiger partial charge in [-0.25, -0.2) is 0 Å². The summed E-state index contributed by atoms with van der Waals surface area (Å²) in [5.41, 5.74) is 0.0272. The van der Waals surface area contributed by atoms with E-state index in [1.807, 2.05) is 18.2 Å². The zero-order chi connectivity index (χ0) is 12.4. The zero-order valence-electron chi connectivity index (χ0n) is 10.0. The fourth-order valence-electron chi connectivity index (χ4n) is 2.42. The Labute approximate surface area is 105 Å². The first kappa shape index (κ1) is 11.3. The van der Waals surface area contributed by atoms with E-state index in [1.54, 1.807) is 6.20 Å². The Morgan fingerprint density at radius 1 is 1.28 bits per heavy atom. The second-order valence-corrected chi connectivity index (χ2v) is 4.83. The second kappa shape index (κ2) is 4.49. The minimum absolute atomic E-state index is 0.437. The number of rotatable bonds is 3. The highest BCUT2D eigenvalue weighted by molar-refractivity contribution is 5.47. The van der Waals surface area contributed by atoms with E-state index < -0.39 is 5.60 Å². The Bertz CT molecular complexity index is 518. The molecule has 2 heterocycles. The van der Waals surface area contributed by atoms with E-state index in [0.717, 1.165) is 25.7 Å². The van der Waals surface area contributed by atoms with Crippen molar-refractivity contribution in [2.45, 2.75) is 37.7 Å². The van der Waals surface area contributed by atoms with Gasteiger partial charge in [-0.05, 0) is 25.0 Å². The minimum Gasteiger partial charge on any atom is -0.389 e. The van der Waals surface area contributed by atoms with Crippen molar-refractivity contribution in [1.82, 2.24) is 15.1 Å². The molecular weight excluding hydrogens is 230 g/mol. The molecule has 0 bridgehead atoms. The summed E-state index contributed by atoms with van der Waals surface area (Å²) in [7, 11) is 0. The van der Waals surface area contributed by atoms with Gasteiger partial charge in [0.05, 0.1) is 12.0 Å². The maximum Gasteiger partial charge on any atom is 0.229 e. The normalized spacial score (nSPS) is 18.1. The van der Waals surface area contributed by atoms with Crippen LogP contribution in [0.1, 0.15) is 31.6 Å². The number of hydrogen-bond donors (Lipinski definition) is 1. The lowest BCUT2D eigenvalue weighted by Crippen LogP contribution is -2.27. The Balaban J connectivity index is 1.78. The minimum atomic E-state index is -0.659.